The van der Waals surface area contributed by atoms with Crippen LogP contribution in [0.25, 0.3) is 0 Å². The van der Waals surface area contributed by atoms with Crippen LogP contribution in [0.1, 0.15) is 24.1 Å². The van der Waals surface area contributed by atoms with Crippen LogP contribution in [0.15, 0.2) is 60.7 Å². The van der Waals surface area contributed by atoms with Crippen molar-refractivity contribution in [3.63, 3.8) is 0 Å². The molecule has 0 radical (unpaired) electrons. The molecule has 3 rings (SSSR count). The summed E-state index contributed by atoms with van der Waals surface area (Å²) in [6, 6.07) is 19.5. The molecule has 8 heteroatoms. The first-order chi connectivity index (χ1) is 14.0. The number of halogens is 2. The zero-order valence-electron chi connectivity index (χ0n) is 17.8. The van der Waals surface area contributed by atoms with Crippen molar-refractivity contribution in [1.29, 1.82) is 0 Å². The van der Waals surface area contributed by atoms with E-state index in [2.05, 4.69) is 22.3 Å². The van der Waals surface area contributed by atoms with Crippen molar-refractivity contribution >= 4 is 36.6 Å². The first-order valence-corrected chi connectivity index (χ1v) is 10.2. The van der Waals surface area contributed by atoms with Gasteiger partial charge in [-0.15, -0.1) is 24.8 Å². The predicted octanol–water partition coefficient (Wildman–Crippen LogP) is 2.63. The Balaban J connectivity index is 0.00000240. The number of benzene rings is 2. The molecule has 0 aliphatic carbocycles. The summed E-state index contributed by atoms with van der Waals surface area (Å²) in [7, 11) is 0. The van der Waals surface area contributed by atoms with Gasteiger partial charge in [0, 0.05) is 38.8 Å². The molecule has 2 unspecified atom stereocenters. The number of carbonyl (C=O) groups excluding carboxylic acids is 2. The van der Waals surface area contributed by atoms with Gasteiger partial charge in [0.25, 0.3) is 0 Å². The molecular weight excluding hydrogens is 435 g/mol. The van der Waals surface area contributed by atoms with Crippen LogP contribution in [-0.2, 0) is 16.1 Å². The third-order valence-corrected chi connectivity index (χ3v) is 5.52. The second-order valence-corrected chi connectivity index (χ2v) is 7.59. The first-order valence-electron chi connectivity index (χ1n) is 10.2. The van der Waals surface area contributed by atoms with Gasteiger partial charge in [-0.3, -0.25) is 14.5 Å². The molecule has 31 heavy (non-hydrogen) atoms. The fourth-order valence-electron chi connectivity index (χ4n) is 3.56. The minimum Gasteiger partial charge on any atom is -0.347 e. The first kappa shape index (κ1) is 26.9. The molecule has 3 N–H and O–H groups in total. The van der Waals surface area contributed by atoms with Crippen LogP contribution in [0.2, 0.25) is 0 Å². The van der Waals surface area contributed by atoms with Gasteiger partial charge < -0.3 is 16.0 Å². The van der Waals surface area contributed by atoms with Gasteiger partial charge in [0.2, 0.25) is 11.8 Å². The smallest absolute Gasteiger partial charge is 0.242 e. The lowest BCUT2D eigenvalue weighted by Crippen LogP contribution is -2.51. The van der Waals surface area contributed by atoms with Crippen LogP contribution in [0.4, 0.5) is 0 Å². The van der Waals surface area contributed by atoms with Crippen molar-refractivity contribution in [2.24, 2.45) is 11.7 Å². The summed E-state index contributed by atoms with van der Waals surface area (Å²) >= 11 is 0. The molecule has 1 aliphatic rings. The zero-order chi connectivity index (χ0) is 20.6. The van der Waals surface area contributed by atoms with Gasteiger partial charge in [0.05, 0.1) is 12.5 Å². The summed E-state index contributed by atoms with van der Waals surface area (Å²) < 4.78 is 0. The Morgan fingerprint density at radius 2 is 1.48 bits per heavy atom. The number of hydrogen-bond acceptors (Lipinski definition) is 4. The van der Waals surface area contributed by atoms with E-state index in [0.717, 1.165) is 25.2 Å². The minimum atomic E-state index is -0.409. The Labute approximate surface area is 197 Å². The molecule has 2 aromatic carbocycles. The van der Waals surface area contributed by atoms with E-state index in [0.29, 0.717) is 13.1 Å². The summed E-state index contributed by atoms with van der Waals surface area (Å²) in [5, 5.41) is 2.76. The van der Waals surface area contributed by atoms with Crippen LogP contribution >= 0.6 is 24.8 Å². The number of nitrogens with zero attached hydrogens (tertiary/aromatic N) is 2. The van der Waals surface area contributed by atoms with E-state index < -0.39 is 12.0 Å². The number of amides is 2. The quantitative estimate of drug-likeness (QED) is 0.657. The zero-order valence-corrected chi connectivity index (χ0v) is 19.4. The molecule has 2 aromatic rings. The standard InChI is InChI=1S/C23H30N4O2.2ClH/c1-18(22(24)20-10-6-3-7-11-20)23(29)25-16-21(28)27-14-12-26(13-15-27)17-19-8-4-2-5-9-19;;/h2-11,18,22H,12-17,24H2,1H3,(H,25,29);2*1H. The number of nitrogens with one attached hydrogen (secondary N) is 1. The summed E-state index contributed by atoms with van der Waals surface area (Å²) in [5.41, 5.74) is 8.40. The third-order valence-electron chi connectivity index (χ3n) is 5.52. The van der Waals surface area contributed by atoms with Gasteiger partial charge in [-0.25, -0.2) is 0 Å². The molecule has 0 aromatic heterocycles. The van der Waals surface area contributed by atoms with E-state index in [1.165, 1.54) is 5.56 Å². The van der Waals surface area contributed by atoms with E-state index in [4.69, 9.17) is 5.73 Å². The van der Waals surface area contributed by atoms with Gasteiger partial charge in [-0.1, -0.05) is 67.6 Å². The highest BCUT2D eigenvalue weighted by atomic mass is 35.5. The molecule has 2 amide bonds. The SMILES string of the molecule is CC(C(=O)NCC(=O)N1CCN(Cc2ccccc2)CC1)C(N)c1ccccc1.Cl.Cl. The molecule has 1 fully saturated rings. The largest absolute Gasteiger partial charge is 0.347 e. The highest BCUT2D eigenvalue weighted by Gasteiger charge is 2.25. The van der Waals surface area contributed by atoms with Crippen LogP contribution in [0, 0.1) is 5.92 Å². The van der Waals surface area contributed by atoms with Crippen molar-refractivity contribution in [3.05, 3.63) is 71.8 Å². The highest BCUT2D eigenvalue weighted by Crippen LogP contribution is 2.19. The van der Waals surface area contributed by atoms with Crippen LogP contribution < -0.4 is 11.1 Å². The third kappa shape index (κ3) is 7.82. The summed E-state index contributed by atoms with van der Waals surface area (Å²) in [5.74, 6) is -0.650. The van der Waals surface area contributed by atoms with Crippen LogP contribution in [0.5, 0.6) is 0 Å². The molecule has 1 aliphatic heterocycles. The van der Waals surface area contributed by atoms with Crippen LogP contribution in [-0.4, -0.2) is 54.3 Å². The second kappa shape index (κ2) is 13.3. The normalized spacial score (nSPS) is 15.7. The summed E-state index contributed by atoms with van der Waals surface area (Å²) in [6.07, 6.45) is 0. The molecular formula is C23H32Cl2N4O2. The van der Waals surface area contributed by atoms with Crippen molar-refractivity contribution in [2.45, 2.75) is 19.5 Å². The Morgan fingerprint density at radius 3 is 2.06 bits per heavy atom. The van der Waals surface area contributed by atoms with E-state index >= 15 is 0 Å². The van der Waals surface area contributed by atoms with E-state index in [-0.39, 0.29) is 43.2 Å². The number of rotatable bonds is 7. The van der Waals surface area contributed by atoms with E-state index in [1.807, 2.05) is 53.4 Å². The molecule has 1 saturated heterocycles. The number of nitrogens with two attached hydrogens (primary N) is 1. The average molecular weight is 467 g/mol. The fourth-order valence-corrected chi connectivity index (χ4v) is 3.56. The Kier molecular flexibility index (Phi) is 11.6. The Hall–Kier alpha value is -2.12. The monoisotopic (exact) mass is 466 g/mol. The van der Waals surface area contributed by atoms with Gasteiger partial charge in [-0.2, -0.15) is 0 Å². The second-order valence-electron chi connectivity index (χ2n) is 7.59. The molecule has 0 spiro atoms. The van der Waals surface area contributed by atoms with Crippen molar-refractivity contribution < 1.29 is 9.59 Å². The van der Waals surface area contributed by atoms with Gasteiger partial charge in [0.1, 0.15) is 0 Å². The number of hydrogen-bond donors (Lipinski definition) is 2. The van der Waals surface area contributed by atoms with Gasteiger partial charge in [0.15, 0.2) is 0 Å². The Morgan fingerprint density at radius 1 is 0.935 bits per heavy atom. The topological polar surface area (TPSA) is 78.7 Å². The molecule has 170 valence electrons. The highest BCUT2D eigenvalue weighted by molar-refractivity contribution is 5.86. The predicted molar refractivity (Wildman–Crippen MR) is 128 cm³/mol. The summed E-state index contributed by atoms with van der Waals surface area (Å²) in [4.78, 5) is 29.1. The molecule has 6 nitrogen and oxygen atoms in total. The van der Waals surface area contributed by atoms with Crippen molar-refractivity contribution in [2.75, 3.05) is 32.7 Å². The maximum atomic E-state index is 12.5. The summed E-state index contributed by atoms with van der Waals surface area (Å²) in [6.45, 7) is 5.74. The van der Waals surface area contributed by atoms with Crippen LogP contribution in [0.3, 0.4) is 0 Å². The van der Waals surface area contributed by atoms with Crippen molar-refractivity contribution in [3.8, 4) is 0 Å². The van der Waals surface area contributed by atoms with Gasteiger partial charge >= 0.3 is 0 Å². The number of piperazine rings is 1. The molecule has 0 saturated carbocycles. The number of carbonyl (C=O) groups is 2. The van der Waals surface area contributed by atoms with Crippen molar-refractivity contribution in [1.82, 2.24) is 15.1 Å². The lowest BCUT2D eigenvalue weighted by Gasteiger charge is -2.35. The van der Waals surface area contributed by atoms with Gasteiger partial charge in [-0.05, 0) is 11.1 Å². The van der Waals surface area contributed by atoms with E-state index in [9.17, 15) is 9.59 Å². The Bertz CT molecular complexity index is 800. The van der Waals surface area contributed by atoms with E-state index in [1.54, 1.807) is 6.92 Å². The maximum Gasteiger partial charge on any atom is 0.242 e. The minimum absolute atomic E-state index is 0. The maximum absolute atomic E-state index is 12.5. The fraction of sp³-hybridized carbons (Fsp3) is 0.391. The lowest BCUT2D eigenvalue weighted by molar-refractivity contribution is -0.135. The molecule has 2 atom stereocenters. The molecule has 1 heterocycles. The average Bonchev–Trinajstić information content (AvgIpc) is 2.78. The lowest BCUT2D eigenvalue weighted by atomic mass is 9.95. The molecule has 0 bridgehead atoms.